The minimum atomic E-state index is -1.55. The van der Waals surface area contributed by atoms with Crippen molar-refractivity contribution in [1.82, 2.24) is 5.32 Å². The first-order valence-electron chi connectivity index (χ1n) is 26.7. The topological polar surface area (TPSA) is 149 Å². The molecule has 0 spiro atoms. The third-order valence-electron chi connectivity index (χ3n) is 12.7. The van der Waals surface area contributed by atoms with Gasteiger partial charge < -0.3 is 40.3 Å². The molecule has 1 fully saturated rings. The lowest BCUT2D eigenvalue weighted by molar-refractivity contribution is -0.302. The molecule has 1 aliphatic rings. The highest BCUT2D eigenvalue weighted by atomic mass is 16.7. The summed E-state index contributed by atoms with van der Waals surface area (Å²) in [7, 11) is 0. The van der Waals surface area contributed by atoms with Gasteiger partial charge in [-0.25, -0.2) is 0 Å². The van der Waals surface area contributed by atoms with Crippen LogP contribution in [0.3, 0.4) is 0 Å². The number of carbonyl (C=O) groups is 1. The summed E-state index contributed by atoms with van der Waals surface area (Å²) in [6.07, 6.45) is 49.0. The fourth-order valence-corrected chi connectivity index (χ4v) is 8.46. The number of unbranched alkanes of at least 4 members (excludes halogenated alkanes) is 29. The molecular formula is C54H101NO8. The van der Waals surface area contributed by atoms with Gasteiger partial charge in [-0.3, -0.25) is 4.79 Å². The molecule has 9 nitrogen and oxygen atoms in total. The second kappa shape index (κ2) is 44.3. The van der Waals surface area contributed by atoms with E-state index in [1.54, 1.807) is 0 Å². The maximum atomic E-state index is 13.0. The van der Waals surface area contributed by atoms with Gasteiger partial charge in [0.25, 0.3) is 0 Å². The largest absolute Gasteiger partial charge is 0.394 e. The molecule has 9 heteroatoms. The van der Waals surface area contributed by atoms with Gasteiger partial charge in [-0.05, 0) is 51.4 Å². The van der Waals surface area contributed by atoms with E-state index in [1.807, 2.05) is 0 Å². The van der Waals surface area contributed by atoms with Crippen LogP contribution in [0.25, 0.3) is 0 Å². The summed E-state index contributed by atoms with van der Waals surface area (Å²) in [5, 5.41) is 54.3. The van der Waals surface area contributed by atoms with Crippen LogP contribution in [0.1, 0.15) is 245 Å². The average Bonchev–Trinajstić information content (AvgIpc) is 3.28. The number of nitrogens with one attached hydrogen (secondary N) is 1. The SMILES string of the molecule is CCCCCCC/C=C\C/C=C\C/C=C\CCCCCCCCCCCCCCCCCCC(=O)NC(COC1OC(CO)C(O)C(O)C1O)C(O)CCCCCCCCCCC. The summed E-state index contributed by atoms with van der Waals surface area (Å²) < 4.78 is 11.2. The van der Waals surface area contributed by atoms with Crippen LogP contribution < -0.4 is 5.32 Å². The first-order valence-corrected chi connectivity index (χ1v) is 26.7. The predicted octanol–water partition coefficient (Wildman–Crippen LogP) is 12.4. The second-order valence-corrected chi connectivity index (χ2v) is 18.7. The Morgan fingerprint density at radius 1 is 0.540 bits per heavy atom. The van der Waals surface area contributed by atoms with Crippen molar-refractivity contribution in [2.75, 3.05) is 13.2 Å². The third kappa shape index (κ3) is 34.4. The Balaban J connectivity index is 2.10. The molecular weight excluding hydrogens is 791 g/mol. The van der Waals surface area contributed by atoms with E-state index in [1.165, 1.54) is 167 Å². The number of allylic oxidation sites excluding steroid dienone is 6. The van der Waals surface area contributed by atoms with Gasteiger partial charge in [0.05, 0.1) is 25.4 Å². The van der Waals surface area contributed by atoms with Gasteiger partial charge in [0, 0.05) is 6.42 Å². The minimum Gasteiger partial charge on any atom is -0.394 e. The predicted molar refractivity (Wildman–Crippen MR) is 263 cm³/mol. The quantitative estimate of drug-likeness (QED) is 0.0261. The smallest absolute Gasteiger partial charge is 0.220 e. The first kappa shape index (κ1) is 59.4. The number of ether oxygens (including phenoxy) is 2. The Morgan fingerprint density at radius 3 is 1.38 bits per heavy atom. The van der Waals surface area contributed by atoms with Gasteiger partial charge in [-0.15, -0.1) is 0 Å². The highest BCUT2D eigenvalue weighted by molar-refractivity contribution is 5.76. The summed E-state index contributed by atoms with van der Waals surface area (Å²) in [6.45, 7) is 3.80. The molecule has 1 amide bonds. The van der Waals surface area contributed by atoms with Gasteiger partial charge in [-0.2, -0.15) is 0 Å². The van der Waals surface area contributed by atoms with Crippen molar-refractivity contribution < 1.29 is 39.8 Å². The van der Waals surface area contributed by atoms with E-state index in [2.05, 4.69) is 55.6 Å². The Bertz CT molecular complexity index is 1080. The number of aliphatic hydroxyl groups excluding tert-OH is 5. The van der Waals surface area contributed by atoms with Crippen LogP contribution in [0.2, 0.25) is 0 Å². The lowest BCUT2D eigenvalue weighted by Gasteiger charge is -2.40. The van der Waals surface area contributed by atoms with Crippen molar-refractivity contribution in [3.63, 3.8) is 0 Å². The van der Waals surface area contributed by atoms with E-state index in [0.717, 1.165) is 51.4 Å². The van der Waals surface area contributed by atoms with E-state index < -0.39 is 49.5 Å². The number of carbonyl (C=O) groups excluding carboxylic acids is 1. The molecule has 0 aromatic carbocycles. The number of aliphatic hydroxyl groups is 5. The zero-order valence-electron chi connectivity index (χ0n) is 40.8. The average molecular weight is 892 g/mol. The van der Waals surface area contributed by atoms with E-state index in [9.17, 15) is 30.3 Å². The fourth-order valence-electron chi connectivity index (χ4n) is 8.46. The maximum Gasteiger partial charge on any atom is 0.220 e. The summed E-state index contributed by atoms with van der Waals surface area (Å²) in [6, 6.07) is -0.716. The van der Waals surface area contributed by atoms with Crippen molar-refractivity contribution in [2.24, 2.45) is 0 Å². The fraction of sp³-hybridized carbons (Fsp3) is 0.870. The third-order valence-corrected chi connectivity index (χ3v) is 12.7. The molecule has 63 heavy (non-hydrogen) atoms. The molecule has 6 N–H and O–H groups in total. The van der Waals surface area contributed by atoms with Gasteiger partial charge >= 0.3 is 0 Å². The van der Waals surface area contributed by atoms with E-state index >= 15 is 0 Å². The second-order valence-electron chi connectivity index (χ2n) is 18.7. The van der Waals surface area contributed by atoms with Crippen molar-refractivity contribution in [3.8, 4) is 0 Å². The van der Waals surface area contributed by atoms with Crippen LogP contribution in [0.15, 0.2) is 36.5 Å². The molecule has 0 aromatic heterocycles. The van der Waals surface area contributed by atoms with Gasteiger partial charge in [0.15, 0.2) is 6.29 Å². The van der Waals surface area contributed by atoms with Crippen LogP contribution in [-0.4, -0.2) is 87.5 Å². The van der Waals surface area contributed by atoms with Crippen molar-refractivity contribution >= 4 is 5.91 Å². The molecule has 7 atom stereocenters. The molecule has 1 rings (SSSR count). The highest BCUT2D eigenvalue weighted by Gasteiger charge is 2.44. The normalized spacial score (nSPS) is 20.4. The highest BCUT2D eigenvalue weighted by Crippen LogP contribution is 2.23. The molecule has 0 bridgehead atoms. The molecule has 0 aromatic rings. The number of rotatable bonds is 45. The first-order chi connectivity index (χ1) is 30.8. The molecule has 1 heterocycles. The van der Waals surface area contributed by atoms with E-state index in [-0.39, 0.29) is 12.5 Å². The van der Waals surface area contributed by atoms with Crippen LogP contribution in [-0.2, 0) is 14.3 Å². The molecule has 0 saturated carbocycles. The zero-order chi connectivity index (χ0) is 45.9. The molecule has 7 unspecified atom stereocenters. The van der Waals surface area contributed by atoms with Crippen LogP contribution in [0.4, 0.5) is 0 Å². The molecule has 370 valence electrons. The Kier molecular flexibility index (Phi) is 41.7. The minimum absolute atomic E-state index is 0.137. The summed E-state index contributed by atoms with van der Waals surface area (Å²) >= 11 is 0. The zero-order valence-corrected chi connectivity index (χ0v) is 40.8. The van der Waals surface area contributed by atoms with E-state index in [0.29, 0.717) is 12.8 Å². The molecule has 1 aliphatic heterocycles. The van der Waals surface area contributed by atoms with Crippen molar-refractivity contribution in [1.29, 1.82) is 0 Å². The summed E-state index contributed by atoms with van der Waals surface area (Å²) in [5.41, 5.74) is 0. The summed E-state index contributed by atoms with van der Waals surface area (Å²) in [5.74, 6) is -0.145. The monoisotopic (exact) mass is 892 g/mol. The van der Waals surface area contributed by atoms with Crippen molar-refractivity contribution in [3.05, 3.63) is 36.5 Å². The molecule has 1 saturated heterocycles. The number of hydrogen-bond acceptors (Lipinski definition) is 8. The van der Waals surface area contributed by atoms with Crippen LogP contribution in [0.5, 0.6) is 0 Å². The van der Waals surface area contributed by atoms with Crippen LogP contribution >= 0.6 is 0 Å². The van der Waals surface area contributed by atoms with Gasteiger partial charge in [-0.1, -0.05) is 224 Å². The van der Waals surface area contributed by atoms with Crippen LogP contribution in [0, 0.1) is 0 Å². The Hall–Kier alpha value is -1.59. The Labute approximate surface area is 387 Å². The Morgan fingerprint density at radius 2 is 0.937 bits per heavy atom. The van der Waals surface area contributed by atoms with E-state index in [4.69, 9.17) is 9.47 Å². The maximum absolute atomic E-state index is 13.0. The van der Waals surface area contributed by atoms with Crippen molar-refractivity contribution in [2.45, 2.75) is 288 Å². The van der Waals surface area contributed by atoms with Gasteiger partial charge in [0.1, 0.15) is 24.4 Å². The summed E-state index contributed by atoms with van der Waals surface area (Å²) in [4.78, 5) is 13.0. The molecule has 0 aliphatic carbocycles. The van der Waals surface area contributed by atoms with Gasteiger partial charge in [0.2, 0.25) is 5.91 Å². The lowest BCUT2D eigenvalue weighted by Crippen LogP contribution is -2.60. The standard InChI is InChI=1S/C54H101NO8/c1-3-5-7-9-11-13-14-15-16-17-18-19-20-21-22-23-24-25-26-27-28-29-30-31-32-33-34-36-38-40-42-44-50(58)55-47(48(57)43-41-39-37-35-12-10-8-6-4-2)46-62-54-53(61)52(60)51(59)49(45-56)63-54/h14-15,17-18,20-21,47-49,51-54,56-57,59-61H,3-13,16,19,22-46H2,1-2H3,(H,55,58)/b15-14-,18-17-,21-20-. The number of amides is 1. The lowest BCUT2D eigenvalue weighted by atomic mass is 9.99. The molecule has 0 radical (unpaired) electrons. The number of hydrogen-bond donors (Lipinski definition) is 6.